The van der Waals surface area contributed by atoms with Crippen LogP contribution in [0.25, 0.3) is 10.9 Å². The maximum absolute atomic E-state index is 14.6. The Kier molecular flexibility index (Phi) is 22.1. The van der Waals surface area contributed by atoms with Crippen LogP contribution < -0.4 is 54.0 Å². The zero-order valence-corrected chi connectivity index (χ0v) is 40.1. The number of carbonyl (C=O) groups is 9. The van der Waals surface area contributed by atoms with E-state index in [4.69, 9.17) is 16.9 Å². The van der Waals surface area contributed by atoms with Crippen molar-refractivity contribution in [2.75, 3.05) is 19.6 Å². The number of para-hydroxylation sites is 1. The van der Waals surface area contributed by atoms with Crippen LogP contribution in [0.3, 0.4) is 0 Å². The molecule has 0 saturated carbocycles. The van der Waals surface area contributed by atoms with Crippen LogP contribution in [0.2, 0.25) is 0 Å². The first-order valence-electron chi connectivity index (χ1n) is 23.8. The van der Waals surface area contributed by atoms with Crippen LogP contribution in [-0.2, 0) is 51.2 Å². The fourth-order valence-electron chi connectivity index (χ4n) is 7.90. The van der Waals surface area contributed by atoms with Crippen LogP contribution in [0.4, 0.5) is 4.79 Å². The molecule has 14 N–H and O–H groups in total. The molecule has 1 fully saturated rings. The van der Waals surface area contributed by atoms with E-state index in [1.54, 1.807) is 36.5 Å². The van der Waals surface area contributed by atoms with Crippen molar-refractivity contribution < 1.29 is 43.2 Å². The Labute approximate surface area is 407 Å². The molecule has 1 aliphatic rings. The van der Waals surface area contributed by atoms with E-state index in [9.17, 15) is 43.2 Å². The topological polar surface area (TPSA) is 345 Å². The van der Waals surface area contributed by atoms with E-state index < -0.39 is 89.5 Å². The maximum atomic E-state index is 14.6. The molecule has 380 valence electrons. The summed E-state index contributed by atoms with van der Waals surface area (Å²) in [5.41, 5.74) is 13.4. The number of aromatic amines is 1. The summed E-state index contributed by atoms with van der Waals surface area (Å²) in [7, 11) is 0. The van der Waals surface area contributed by atoms with Crippen LogP contribution in [0.1, 0.15) is 96.1 Å². The lowest BCUT2D eigenvalue weighted by molar-refractivity contribution is -0.136. The Morgan fingerprint density at radius 3 is 2.21 bits per heavy atom. The van der Waals surface area contributed by atoms with Crippen LogP contribution in [0.5, 0.6) is 0 Å². The lowest BCUT2D eigenvalue weighted by Crippen LogP contribution is -2.61. The van der Waals surface area contributed by atoms with E-state index >= 15 is 0 Å². The highest BCUT2D eigenvalue weighted by atomic mass is 16.2. The van der Waals surface area contributed by atoms with Crippen molar-refractivity contribution in [2.45, 2.75) is 134 Å². The summed E-state index contributed by atoms with van der Waals surface area (Å²) < 4.78 is 0. The second-order valence-electron chi connectivity index (χ2n) is 17.3. The highest BCUT2D eigenvalue weighted by Crippen LogP contribution is 2.19. The highest BCUT2D eigenvalue weighted by Gasteiger charge is 2.36. The minimum absolute atomic E-state index is 0.00466. The number of nitrogens with one attached hydrogen (secondary N) is 10. The Bertz CT molecular complexity index is 2310. The molecule has 0 radical (unpaired) electrons. The van der Waals surface area contributed by atoms with Crippen molar-refractivity contribution in [1.29, 1.82) is 5.41 Å². The molecular formula is C48H69N13O9. The molecule has 1 aliphatic heterocycles. The van der Waals surface area contributed by atoms with Crippen molar-refractivity contribution in [2.24, 2.45) is 11.5 Å². The highest BCUT2D eigenvalue weighted by molar-refractivity contribution is 6.01. The summed E-state index contributed by atoms with van der Waals surface area (Å²) in [4.78, 5) is 128. The van der Waals surface area contributed by atoms with Gasteiger partial charge in [0, 0.05) is 62.9 Å². The Balaban J connectivity index is 1.75. The van der Waals surface area contributed by atoms with E-state index in [0.29, 0.717) is 36.8 Å². The minimum atomic E-state index is -1.45. The normalized spacial score (nSPS) is 19.5. The average molecular weight is 972 g/mol. The zero-order chi connectivity index (χ0) is 51.2. The molecule has 6 atom stereocenters. The lowest BCUT2D eigenvalue weighted by atomic mass is 10.0. The van der Waals surface area contributed by atoms with Crippen LogP contribution in [-0.4, -0.2) is 125 Å². The number of aromatic nitrogens is 1. The second-order valence-corrected chi connectivity index (χ2v) is 17.3. The van der Waals surface area contributed by atoms with Crippen LogP contribution >= 0.6 is 0 Å². The maximum Gasteiger partial charge on any atom is 0.324 e. The molecule has 22 heteroatoms. The SMILES string of the molecule is CCCC[C@H](NC(C)=O)C(=O)N[C@H]1CCC(=O)NCC[C@@H](C(=O)N[C@@H](Cc2c[nH]c3ccccc23)C(N)=O)NC(=O)[C@H](CCCNC(=N)N)NC(=O)[C@@H](Cc2ccccc2)NC(=O)N(CCCC)C1=O. The number of amides is 10. The van der Waals surface area contributed by atoms with Gasteiger partial charge in [0.1, 0.15) is 36.3 Å². The molecule has 1 aromatic heterocycles. The summed E-state index contributed by atoms with van der Waals surface area (Å²) >= 11 is 0. The number of guanidine groups is 1. The third kappa shape index (κ3) is 17.5. The van der Waals surface area contributed by atoms with Gasteiger partial charge in [0.05, 0.1) is 0 Å². The number of imide groups is 1. The predicted octanol–water partition coefficient (Wildman–Crippen LogP) is 0.343. The van der Waals surface area contributed by atoms with Crippen molar-refractivity contribution in [3.63, 3.8) is 0 Å². The molecule has 4 rings (SSSR count). The number of hydrogen-bond donors (Lipinski definition) is 12. The molecule has 22 nitrogen and oxygen atoms in total. The molecule has 70 heavy (non-hydrogen) atoms. The molecule has 0 unspecified atom stereocenters. The predicted molar refractivity (Wildman–Crippen MR) is 261 cm³/mol. The number of hydrogen-bond acceptors (Lipinski definition) is 10. The van der Waals surface area contributed by atoms with Crippen molar-refractivity contribution in [3.8, 4) is 0 Å². The largest absolute Gasteiger partial charge is 0.370 e. The molecule has 0 spiro atoms. The van der Waals surface area contributed by atoms with E-state index in [1.807, 2.05) is 38.1 Å². The summed E-state index contributed by atoms with van der Waals surface area (Å²) in [6.07, 6.45) is 3.27. The molecule has 0 aliphatic carbocycles. The van der Waals surface area contributed by atoms with Crippen molar-refractivity contribution >= 4 is 70.2 Å². The van der Waals surface area contributed by atoms with Gasteiger partial charge in [-0.05, 0) is 55.7 Å². The van der Waals surface area contributed by atoms with Gasteiger partial charge < -0.3 is 59.0 Å². The van der Waals surface area contributed by atoms with E-state index in [0.717, 1.165) is 15.8 Å². The van der Waals surface area contributed by atoms with Gasteiger partial charge in [-0.1, -0.05) is 81.6 Å². The number of unbranched alkanes of at least 4 members (excludes halogenated alkanes) is 2. The number of carbonyl (C=O) groups excluding carboxylic acids is 9. The number of primary amides is 1. The van der Waals surface area contributed by atoms with Crippen molar-refractivity contribution in [1.82, 2.24) is 52.4 Å². The first kappa shape index (κ1) is 55.1. The van der Waals surface area contributed by atoms with E-state index in [2.05, 4.69) is 47.5 Å². The van der Waals surface area contributed by atoms with Crippen LogP contribution in [0, 0.1) is 5.41 Å². The average Bonchev–Trinajstić information content (AvgIpc) is 3.73. The molecule has 2 heterocycles. The number of H-pyrrole nitrogens is 1. The number of benzene rings is 2. The van der Waals surface area contributed by atoms with Crippen molar-refractivity contribution in [3.05, 3.63) is 71.9 Å². The van der Waals surface area contributed by atoms with Gasteiger partial charge in [-0.3, -0.25) is 48.7 Å². The molecule has 3 aromatic rings. The van der Waals surface area contributed by atoms with Gasteiger partial charge in [0.25, 0.3) is 5.91 Å². The number of fused-ring (bicyclic) bond motifs is 1. The van der Waals surface area contributed by atoms with Gasteiger partial charge in [0.2, 0.25) is 41.4 Å². The van der Waals surface area contributed by atoms with E-state index in [-0.39, 0.29) is 77.0 Å². The summed E-state index contributed by atoms with van der Waals surface area (Å²) in [6.45, 7) is 4.80. The Morgan fingerprint density at radius 2 is 1.53 bits per heavy atom. The summed E-state index contributed by atoms with van der Waals surface area (Å²) in [5.74, 6) is -6.29. The van der Waals surface area contributed by atoms with Gasteiger partial charge in [-0.25, -0.2) is 4.79 Å². The van der Waals surface area contributed by atoms with E-state index in [1.165, 1.54) is 6.92 Å². The fraction of sp³-hybridized carbons (Fsp3) is 0.500. The zero-order valence-electron chi connectivity index (χ0n) is 40.1. The van der Waals surface area contributed by atoms with Crippen LogP contribution in [0.15, 0.2) is 60.8 Å². The molecular weight excluding hydrogens is 903 g/mol. The monoisotopic (exact) mass is 972 g/mol. The Hall–Kier alpha value is -7.52. The van der Waals surface area contributed by atoms with Gasteiger partial charge in [-0.2, -0.15) is 0 Å². The quantitative estimate of drug-likeness (QED) is 0.0416. The molecule has 2 aromatic carbocycles. The lowest BCUT2D eigenvalue weighted by Gasteiger charge is -2.30. The van der Waals surface area contributed by atoms with Gasteiger partial charge in [0.15, 0.2) is 5.96 Å². The second kappa shape index (κ2) is 28.1. The number of nitrogens with zero attached hydrogens (tertiary/aromatic N) is 1. The third-order valence-electron chi connectivity index (χ3n) is 11.7. The Morgan fingerprint density at radius 1 is 0.829 bits per heavy atom. The standard InChI is InChI=1S/C48H69N13O9/c1-4-6-17-34(55-29(3)62)42(65)58-37-20-21-40(63)52-24-22-36(44(67)59-38(41(49)64)27-31-28-54-33-18-12-11-16-32(31)33)57-43(66)35(19-13-23-53-47(50)51)56-45(68)39(26-30-14-9-8-10-15-30)60-48(70)61(46(37)69)25-7-5-2/h8-12,14-16,18,28,34-39,54H,4-7,13,17,19-27H2,1-3H3,(H2,49,64)(H,52,63)(H,55,62)(H,56,68)(H,57,66)(H,58,65)(H,59,67)(H,60,70)(H4,50,51,53)/t34-,35-,36-,37-,38-,39+/m0/s1. The number of rotatable bonds is 20. The minimum Gasteiger partial charge on any atom is -0.370 e. The van der Waals surface area contributed by atoms with Gasteiger partial charge >= 0.3 is 6.03 Å². The number of urea groups is 1. The first-order chi connectivity index (χ1) is 33.5. The number of nitrogens with two attached hydrogens (primary N) is 2. The third-order valence-corrected chi connectivity index (χ3v) is 11.7. The molecule has 10 amide bonds. The smallest absolute Gasteiger partial charge is 0.324 e. The van der Waals surface area contributed by atoms with Gasteiger partial charge in [-0.15, -0.1) is 0 Å². The first-order valence-corrected chi connectivity index (χ1v) is 23.8. The molecule has 1 saturated heterocycles. The fourth-order valence-corrected chi connectivity index (χ4v) is 7.90. The summed E-state index contributed by atoms with van der Waals surface area (Å²) in [6, 6.07) is 7.17. The summed E-state index contributed by atoms with van der Waals surface area (Å²) in [5, 5.41) is 29.7. The molecule has 0 bridgehead atoms.